The number of nitrogens with zero attached hydrogens (tertiary/aromatic N) is 4. The summed E-state index contributed by atoms with van der Waals surface area (Å²) in [5, 5.41) is 11.8. The number of hydrogen-bond acceptors (Lipinski definition) is 5. The van der Waals surface area contributed by atoms with E-state index >= 15 is 0 Å². The molecule has 0 unspecified atom stereocenters. The standard InChI is InChI=1S/C23H27N5O2S/c1-5-27(18(4)29)13-19-8-6-7-9-21(19)25-22(30)14-31-23-26-24-15-28(23)20-11-10-16(2)17(3)12-20/h6-12,15H,5,13-14H2,1-4H3,(H,25,30). The number of carbonyl (C=O) groups is 2. The molecule has 7 nitrogen and oxygen atoms in total. The van der Waals surface area contributed by atoms with Crippen LogP contribution in [0.25, 0.3) is 5.69 Å². The van der Waals surface area contributed by atoms with Gasteiger partial charge in [-0.2, -0.15) is 0 Å². The molecule has 1 heterocycles. The van der Waals surface area contributed by atoms with E-state index in [1.54, 1.807) is 18.2 Å². The topological polar surface area (TPSA) is 80.1 Å². The number of amides is 2. The Hall–Kier alpha value is -3.13. The molecule has 162 valence electrons. The Labute approximate surface area is 186 Å². The maximum Gasteiger partial charge on any atom is 0.234 e. The minimum absolute atomic E-state index is 0.00450. The van der Waals surface area contributed by atoms with Gasteiger partial charge in [-0.1, -0.05) is 36.0 Å². The van der Waals surface area contributed by atoms with Gasteiger partial charge in [-0.15, -0.1) is 10.2 Å². The molecule has 0 radical (unpaired) electrons. The number of aryl methyl sites for hydroxylation is 2. The lowest BCUT2D eigenvalue weighted by molar-refractivity contribution is -0.129. The summed E-state index contributed by atoms with van der Waals surface area (Å²) in [5.74, 6) is 0.0602. The molecule has 31 heavy (non-hydrogen) atoms. The van der Waals surface area contributed by atoms with E-state index in [-0.39, 0.29) is 17.6 Å². The molecule has 0 saturated carbocycles. The summed E-state index contributed by atoms with van der Waals surface area (Å²) in [7, 11) is 0. The van der Waals surface area contributed by atoms with Crippen molar-refractivity contribution < 1.29 is 9.59 Å². The van der Waals surface area contributed by atoms with Crippen molar-refractivity contribution in [1.29, 1.82) is 0 Å². The first kappa shape index (κ1) is 22.6. The minimum atomic E-state index is -0.141. The molecule has 1 aromatic heterocycles. The van der Waals surface area contributed by atoms with Crippen LogP contribution in [0.3, 0.4) is 0 Å². The molecule has 2 aromatic carbocycles. The Balaban J connectivity index is 1.67. The smallest absolute Gasteiger partial charge is 0.234 e. The molecule has 3 rings (SSSR count). The highest BCUT2D eigenvalue weighted by Crippen LogP contribution is 2.22. The number of para-hydroxylation sites is 1. The number of hydrogen-bond donors (Lipinski definition) is 1. The first-order valence-corrected chi connectivity index (χ1v) is 11.1. The molecule has 1 N–H and O–H groups in total. The van der Waals surface area contributed by atoms with Crippen molar-refractivity contribution in [3.8, 4) is 5.69 Å². The molecule has 0 atom stereocenters. The number of thioether (sulfide) groups is 1. The molecule has 0 saturated heterocycles. The Morgan fingerprint density at radius 2 is 1.90 bits per heavy atom. The predicted molar refractivity (Wildman–Crippen MR) is 123 cm³/mol. The van der Waals surface area contributed by atoms with Crippen LogP contribution in [0.15, 0.2) is 53.9 Å². The monoisotopic (exact) mass is 437 g/mol. The fourth-order valence-electron chi connectivity index (χ4n) is 3.12. The summed E-state index contributed by atoms with van der Waals surface area (Å²) in [5.41, 5.74) is 4.98. The van der Waals surface area contributed by atoms with Gasteiger partial charge >= 0.3 is 0 Å². The summed E-state index contributed by atoms with van der Waals surface area (Å²) in [6.07, 6.45) is 1.65. The van der Waals surface area contributed by atoms with E-state index in [0.29, 0.717) is 23.9 Å². The Bertz CT molecular complexity index is 1080. The van der Waals surface area contributed by atoms with Gasteiger partial charge in [-0.3, -0.25) is 14.2 Å². The zero-order chi connectivity index (χ0) is 22.4. The molecule has 8 heteroatoms. The zero-order valence-electron chi connectivity index (χ0n) is 18.3. The number of rotatable bonds is 8. The highest BCUT2D eigenvalue weighted by molar-refractivity contribution is 7.99. The van der Waals surface area contributed by atoms with Gasteiger partial charge in [0.15, 0.2) is 5.16 Å². The molecule has 0 fully saturated rings. The lowest BCUT2D eigenvalue weighted by atomic mass is 10.1. The van der Waals surface area contributed by atoms with Crippen molar-refractivity contribution >= 4 is 29.3 Å². The van der Waals surface area contributed by atoms with E-state index in [2.05, 4.69) is 41.5 Å². The Morgan fingerprint density at radius 1 is 1.13 bits per heavy atom. The van der Waals surface area contributed by atoms with Crippen molar-refractivity contribution in [2.45, 2.75) is 39.4 Å². The largest absolute Gasteiger partial charge is 0.339 e. The van der Waals surface area contributed by atoms with Crippen LogP contribution in [0.2, 0.25) is 0 Å². The minimum Gasteiger partial charge on any atom is -0.339 e. The van der Waals surface area contributed by atoms with E-state index in [4.69, 9.17) is 0 Å². The zero-order valence-corrected chi connectivity index (χ0v) is 19.1. The summed E-state index contributed by atoms with van der Waals surface area (Å²) >= 11 is 1.33. The third-order valence-corrected chi connectivity index (χ3v) is 6.04. The van der Waals surface area contributed by atoms with Gasteiger partial charge in [0.05, 0.1) is 5.75 Å². The highest BCUT2D eigenvalue weighted by Gasteiger charge is 2.14. The molecule has 0 aliphatic carbocycles. The summed E-state index contributed by atoms with van der Waals surface area (Å²) < 4.78 is 1.88. The maximum absolute atomic E-state index is 12.6. The van der Waals surface area contributed by atoms with E-state index in [9.17, 15) is 9.59 Å². The normalized spacial score (nSPS) is 10.7. The Morgan fingerprint density at radius 3 is 2.61 bits per heavy atom. The molecule has 2 amide bonds. The third-order valence-electron chi connectivity index (χ3n) is 5.10. The second-order valence-electron chi connectivity index (χ2n) is 7.28. The third kappa shape index (κ3) is 5.73. The quantitative estimate of drug-likeness (QED) is 0.539. The first-order valence-electron chi connectivity index (χ1n) is 10.1. The SMILES string of the molecule is CCN(Cc1ccccc1NC(=O)CSc1nncn1-c1ccc(C)c(C)c1)C(C)=O. The highest BCUT2D eigenvalue weighted by atomic mass is 32.2. The number of aromatic nitrogens is 3. The Kier molecular flexibility index (Phi) is 7.46. The van der Waals surface area contributed by atoms with E-state index in [1.165, 1.54) is 22.9 Å². The second-order valence-corrected chi connectivity index (χ2v) is 8.22. The maximum atomic E-state index is 12.6. The molecular weight excluding hydrogens is 410 g/mol. The number of nitrogens with one attached hydrogen (secondary N) is 1. The van der Waals surface area contributed by atoms with Gasteiger partial charge < -0.3 is 10.2 Å². The first-order chi connectivity index (χ1) is 14.9. The molecule has 3 aromatic rings. The van der Waals surface area contributed by atoms with Gasteiger partial charge in [-0.05, 0) is 55.7 Å². The predicted octanol–water partition coefficient (Wildman–Crippen LogP) is 3.98. The summed E-state index contributed by atoms with van der Waals surface area (Å²) in [6, 6.07) is 13.7. The van der Waals surface area contributed by atoms with Crippen molar-refractivity contribution in [3.63, 3.8) is 0 Å². The van der Waals surface area contributed by atoms with Gasteiger partial charge in [0.1, 0.15) is 6.33 Å². The van der Waals surface area contributed by atoms with E-state index in [1.807, 2.05) is 41.8 Å². The van der Waals surface area contributed by atoms with Crippen molar-refractivity contribution in [2.75, 3.05) is 17.6 Å². The van der Waals surface area contributed by atoms with Crippen molar-refractivity contribution in [3.05, 3.63) is 65.5 Å². The lowest BCUT2D eigenvalue weighted by Gasteiger charge is -2.21. The molecular formula is C23H27N5O2S. The lowest BCUT2D eigenvalue weighted by Crippen LogP contribution is -2.28. The average molecular weight is 438 g/mol. The van der Waals surface area contributed by atoms with Gasteiger partial charge in [0.25, 0.3) is 0 Å². The fourth-order valence-corrected chi connectivity index (χ4v) is 3.85. The van der Waals surface area contributed by atoms with Crippen LogP contribution in [0.4, 0.5) is 5.69 Å². The van der Waals surface area contributed by atoms with Crippen LogP contribution in [0.1, 0.15) is 30.5 Å². The summed E-state index contributed by atoms with van der Waals surface area (Å²) in [6.45, 7) is 8.68. The number of anilines is 1. The van der Waals surface area contributed by atoms with Crippen LogP contribution in [0.5, 0.6) is 0 Å². The molecule has 0 bridgehead atoms. The summed E-state index contributed by atoms with van der Waals surface area (Å²) in [4.78, 5) is 26.1. The van der Waals surface area contributed by atoms with Gasteiger partial charge in [-0.25, -0.2) is 0 Å². The molecule has 0 aliphatic rings. The van der Waals surface area contributed by atoms with E-state index < -0.39 is 0 Å². The second kappa shape index (κ2) is 10.3. The van der Waals surface area contributed by atoms with Gasteiger partial charge in [0, 0.05) is 31.4 Å². The van der Waals surface area contributed by atoms with Crippen LogP contribution < -0.4 is 5.32 Å². The molecule has 0 aliphatic heterocycles. The van der Waals surface area contributed by atoms with Crippen molar-refractivity contribution in [2.24, 2.45) is 0 Å². The van der Waals surface area contributed by atoms with Crippen LogP contribution in [-0.2, 0) is 16.1 Å². The number of benzene rings is 2. The van der Waals surface area contributed by atoms with E-state index in [0.717, 1.165) is 11.3 Å². The number of carbonyl (C=O) groups excluding carboxylic acids is 2. The van der Waals surface area contributed by atoms with Gasteiger partial charge in [0.2, 0.25) is 11.8 Å². The van der Waals surface area contributed by atoms with Crippen LogP contribution in [-0.4, -0.2) is 43.8 Å². The molecule has 0 spiro atoms. The fraction of sp³-hybridized carbons (Fsp3) is 0.304. The van der Waals surface area contributed by atoms with Crippen molar-refractivity contribution in [1.82, 2.24) is 19.7 Å². The average Bonchev–Trinajstić information content (AvgIpc) is 3.22. The van der Waals surface area contributed by atoms with Crippen LogP contribution >= 0.6 is 11.8 Å². The van der Waals surface area contributed by atoms with Crippen LogP contribution in [0, 0.1) is 13.8 Å².